The molecule has 74 valence electrons. The number of hydrogen-bond acceptors (Lipinski definition) is 1. The van der Waals surface area contributed by atoms with Crippen molar-refractivity contribution in [2.75, 3.05) is 0 Å². The van der Waals surface area contributed by atoms with Crippen LogP contribution in [0.15, 0.2) is 40.9 Å². The fourth-order valence-corrected chi connectivity index (χ4v) is 1.27. The maximum absolute atomic E-state index is 11.1. The van der Waals surface area contributed by atoms with E-state index < -0.39 is 0 Å². The number of nitrogens with one attached hydrogen (secondary N) is 1. The Bertz CT molecular complexity index is 330. The van der Waals surface area contributed by atoms with Crippen LogP contribution in [0.5, 0.6) is 0 Å². The molecule has 0 bridgehead atoms. The van der Waals surface area contributed by atoms with Gasteiger partial charge in [0.25, 0.3) is 0 Å². The molecule has 3 heteroatoms. The molecule has 1 aromatic carbocycles. The molecule has 1 aromatic rings. The van der Waals surface area contributed by atoms with Crippen molar-refractivity contribution < 1.29 is 4.79 Å². The van der Waals surface area contributed by atoms with Crippen molar-refractivity contribution in [3.8, 4) is 0 Å². The molecule has 14 heavy (non-hydrogen) atoms. The molecule has 1 N–H and O–H groups in total. The van der Waals surface area contributed by atoms with Gasteiger partial charge in [-0.05, 0) is 30.7 Å². The lowest BCUT2D eigenvalue weighted by Gasteiger charge is -2.02. The van der Waals surface area contributed by atoms with Gasteiger partial charge in [-0.3, -0.25) is 4.79 Å². The summed E-state index contributed by atoms with van der Waals surface area (Å²) in [5.41, 5.74) is 1.09. The molecule has 0 aliphatic rings. The van der Waals surface area contributed by atoms with Gasteiger partial charge in [-0.2, -0.15) is 0 Å². The standard InChI is InChI=1S/C11H12BrNO/c1-2-3-11(14)13-8-9-4-6-10(12)7-5-9/h2-7H,8H2,1H3,(H,13,14)/b3-2+. The largest absolute Gasteiger partial charge is 0.348 e. The zero-order chi connectivity index (χ0) is 10.4. The third-order valence-electron chi connectivity index (χ3n) is 1.70. The summed E-state index contributed by atoms with van der Waals surface area (Å²) in [5, 5.41) is 2.78. The lowest BCUT2D eigenvalue weighted by atomic mass is 10.2. The highest BCUT2D eigenvalue weighted by atomic mass is 79.9. The fourth-order valence-electron chi connectivity index (χ4n) is 1.00. The second-order valence-electron chi connectivity index (χ2n) is 2.84. The first-order valence-electron chi connectivity index (χ1n) is 4.37. The van der Waals surface area contributed by atoms with Crippen molar-refractivity contribution in [2.45, 2.75) is 13.5 Å². The van der Waals surface area contributed by atoms with Gasteiger partial charge in [-0.15, -0.1) is 0 Å². The van der Waals surface area contributed by atoms with Crippen molar-refractivity contribution in [3.05, 3.63) is 46.5 Å². The first kappa shape index (κ1) is 11.0. The molecule has 0 aliphatic heterocycles. The Morgan fingerprint density at radius 3 is 2.64 bits per heavy atom. The van der Waals surface area contributed by atoms with E-state index in [-0.39, 0.29) is 5.91 Å². The van der Waals surface area contributed by atoms with E-state index in [0.717, 1.165) is 10.0 Å². The molecule has 0 unspecified atom stereocenters. The predicted molar refractivity (Wildman–Crippen MR) is 60.8 cm³/mol. The quantitative estimate of drug-likeness (QED) is 0.825. The number of hydrogen-bond donors (Lipinski definition) is 1. The number of allylic oxidation sites excluding steroid dienone is 1. The Morgan fingerprint density at radius 1 is 1.43 bits per heavy atom. The zero-order valence-electron chi connectivity index (χ0n) is 7.96. The molecule has 0 saturated carbocycles. The van der Waals surface area contributed by atoms with E-state index in [1.165, 1.54) is 6.08 Å². The number of carbonyl (C=O) groups excluding carboxylic acids is 1. The minimum absolute atomic E-state index is 0.0598. The smallest absolute Gasteiger partial charge is 0.243 e. The number of rotatable bonds is 3. The van der Waals surface area contributed by atoms with Crippen LogP contribution in [0, 0.1) is 0 Å². The molecular formula is C11H12BrNO. The minimum Gasteiger partial charge on any atom is -0.348 e. The van der Waals surface area contributed by atoms with Gasteiger partial charge in [0.15, 0.2) is 0 Å². The molecule has 0 aliphatic carbocycles. The Labute approximate surface area is 92.1 Å². The summed E-state index contributed by atoms with van der Waals surface area (Å²) < 4.78 is 1.04. The van der Waals surface area contributed by atoms with Gasteiger partial charge >= 0.3 is 0 Å². The first-order chi connectivity index (χ1) is 6.72. The number of halogens is 1. The zero-order valence-corrected chi connectivity index (χ0v) is 9.54. The van der Waals surface area contributed by atoms with Gasteiger partial charge in [0.1, 0.15) is 0 Å². The average molecular weight is 254 g/mol. The van der Waals surface area contributed by atoms with Crippen molar-refractivity contribution in [1.82, 2.24) is 5.32 Å². The van der Waals surface area contributed by atoms with Crippen LogP contribution in [0.2, 0.25) is 0 Å². The van der Waals surface area contributed by atoms with Crippen LogP contribution in [0.25, 0.3) is 0 Å². The van der Waals surface area contributed by atoms with Crippen molar-refractivity contribution in [3.63, 3.8) is 0 Å². The van der Waals surface area contributed by atoms with Crippen molar-refractivity contribution in [2.24, 2.45) is 0 Å². The van der Waals surface area contributed by atoms with Gasteiger partial charge in [0.05, 0.1) is 0 Å². The lowest BCUT2D eigenvalue weighted by Crippen LogP contribution is -2.20. The summed E-state index contributed by atoms with van der Waals surface area (Å²) in [6.07, 6.45) is 3.23. The first-order valence-corrected chi connectivity index (χ1v) is 5.16. The van der Waals surface area contributed by atoms with Crippen LogP contribution in [-0.4, -0.2) is 5.91 Å². The van der Waals surface area contributed by atoms with E-state index >= 15 is 0 Å². The van der Waals surface area contributed by atoms with Gasteiger partial charge < -0.3 is 5.32 Å². The lowest BCUT2D eigenvalue weighted by molar-refractivity contribution is -0.116. The van der Waals surface area contributed by atoms with Crippen LogP contribution in [-0.2, 0) is 11.3 Å². The summed E-state index contributed by atoms with van der Waals surface area (Å²) in [4.78, 5) is 11.1. The maximum Gasteiger partial charge on any atom is 0.243 e. The van der Waals surface area contributed by atoms with Crippen LogP contribution in [0.4, 0.5) is 0 Å². The van der Waals surface area contributed by atoms with E-state index in [2.05, 4.69) is 21.2 Å². The van der Waals surface area contributed by atoms with E-state index in [4.69, 9.17) is 0 Å². The van der Waals surface area contributed by atoms with E-state index in [0.29, 0.717) is 6.54 Å². The summed E-state index contributed by atoms with van der Waals surface area (Å²) in [5.74, 6) is -0.0598. The predicted octanol–water partition coefficient (Wildman–Crippen LogP) is 2.64. The molecule has 0 radical (unpaired) electrons. The van der Waals surface area contributed by atoms with Gasteiger partial charge in [-0.25, -0.2) is 0 Å². The van der Waals surface area contributed by atoms with Crippen molar-refractivity contribution >= 4 is 21.8 Å². The average Bonchev–Trinajstić information content (AvgIpc) is 2.17. The molecule has 2 nitrogen and oxygen atoms in total. The topological polar surface area (TPSA) is 29.1 Å². The number of carbonyl (C=O) groups is 1. The van der Waals surface area contributed by atoms with Crippen LogP contribution < -0.4 is 5.32 Å². The normalized spacial score (nSPS) is 10.4. The van der Waals surface area contributed by atoms with Crippen LogP contribution in [0.3, 0.4) is 0 Å². The third-order valence-corrected chi connectivity index (χ3v) is 2.23. The molecular weight excluding hydrogens is 242 g/mol. The second-order valence-corrected chi connectivity index (χ2v) is 3.76. The maximum atomic E-state index is 11.1. The summed E-state index contributed by atoms with van der Waals surface area (Å²) >= 11 is 3.35. The monoisotopic (exact) mass is 253 g/mol. The van der Waals surface area contributed by atoms with Crippen LogP contribution >= 0.6 is 15.9 Å². The third kappa shape index (κ3) is 3.75. The molecule has 0 saturated heterocycles. The van der Waals surface area contributed by atoms with E-state index in [1.807, 2.05) is 31.2 Å². The summed E-state index contributed by atoms with van der Waals surface area (Å²) in [6, 6.07) is 7.86. The molecule has 0 fully saturated rings. The molecule has 0 heterocycles. The summed E-state index contributed by atoms with van der Waals surface area (Å²) in [6.45, 7) is 2.38. The van der Waals surface area contributed by atoms with Crippen molar-refractivity contribution in [1.29, 1.82) is 0 Å². The highest BCUT2D eigenvalue weighted by molar-refractivity contribution is 9.10. The van der Waals surface area contributed by atoms with Gasteiger partial charge in [0.2, 0.25) is 5.91 Å². The van der Waals surface area contributed by atoms with Crippen LogP contribution in [0.1, 0.15) is 12.5 Å². The molecule has 0 spiro atoms. The highest BCUT2D eigenvalue weighted by Crippen LogP contribution is 2.09. The molecule has 0 aromatic heterocycles. The Morgan fingerprint density at radius 2 is 2.07 bits per heavy atom. The Hall–Kier alpha value is -1.09. The van der Waals surface area contributed by atoms with E-state index in [1.54, 1.807) is 6.08 Å². The Kier molecular flexibility index (Phi) is 4.40. The fraction of sp³-hybridized carbons (Fsp3) is 0.182. The molecule has 0 atom stereocenters. The molecule has 1 rings (SSSR count). The Balaban J connectivity index is 2.46. The SMILES string of the molecule is C/C=C/C(=O)NCc1ccc(Br)cc1. The second kappa shape index (κ2) is 5.60. The van der Waals surface area contributed by atoms with Gasteiger partial charge in [0, 0.05) is 11.0 Å². The van der Waals surface area contributed by atoms with E-state index in [9.17, 15) is 4.79 Å². The molecule has 1 amide bonds. The number of amides is 1. The number of benzene rings is 1. The summed E-state index contributed by atoms with van der Waals surface area (Å²) in [7, 11) is 0. The van der Waals surface area contributed by atoms with Gasteiger partial charge in [-0.1, -0.05) is 34.1 Å². The minimum atomic E-state index is -0.0598. The highest BCUT2D eigenvalue weighted by Gasteiger charge is 1.95.